The van der Waals surface area contributed by atoms with Gasteiger partial charge in [-0.15, -0.1) is 0 Å². The Kier molecular flexibility index (Phi) is 12.6. The fraction of sp³-hybridized carbons (Fsp3) is 0.611. The highest BCUT2D eigenvalue weighted by Crippen LogP contribution is 2.04. The van der Waals surface area contributed by atoms with Crippen LogP contribution in [0, 0.1) is 0 Å². The monoisotopic (exact) mass is 483 g/mol. The lowest BCUT2D eigenvalue weighted by atomic mass is 10.2. The molecule has 0 saturated carbocycles. The van der Waals surface area contributed by atoms with Crippen molar-refractivity contribution in [1.29, 1.82) is 0 Å². The van der Waals surface area contributed by atoms with Gasteiger partial charge in [0.15, 0.2) is 0 Å². The van der Waals surface area contributed by atoms with Gasteiger partial charge in [0.1, 0.15) is 6.61 Å². The summed E-state index contributed by atoms with van der Waals surface area (Å²) in [6.45, 7) is 0.545. The summed E-state index contributed by atoms with van der Waals surface area (Å²) in [5.74, 6) is 0. The molecule has 0 spiro atoms. The summed E-state index contributed by atoms with van der Waals surface area (Å²) in [5, 5.41) is 0. The number of ether oxygens (including phenoxy) is 3. The van der Waals surface area contributed by atoms with Gasteiger partial charge >= 0.3 is 6.09 Å². The molecular formula is C18H29NO10S2. The smallest absolute Gasteiger partial charge is 0.410 e. The standard InChI is InChI=1S/C18H29NO10S2/c1-30(21,22)28-14-12-25-10-8-19(9-11-26-13-15-29-31(2,23)24)18(20)27-16-17-6-4-3-5-7-17/h3-7H,8-16H2,1-2H3. The van der Waals surface area contributed by atoms with Gasteiger partial charge in [-0.25, -0.2) is 4.79 Å². The van der Waals surface area contributed by atoms with E-state index >= 15 is 0 Å². The SMILES string of the molecule is CS(=O)(=O)OCCOCCN(CCOCCOS(C)(=O)=O)C(=O)OCc1ccccc1. The minimum atomic E-state index is -3.53. The number of hydrogen-bond acceptors (Lipinski definition) is 10. The summed E-state index contributed by atoms with van der Waals surface area (Å²) in [6.07, 6.45) is 1.31. The summed E-state index contributed by atoms with van der Waals surface area (Å²) < 4.78 is 68.6. The van der Waals surface area contributed by atoms with Crippen LogP contribution in [0.2, 0.25) is 0 Å². The molecule has 0 aromatic heterocycles. The number of carbonyl (C=O) groups excluding carboxylic acids is 1. The van der Waals surface area contributed by atoms with Gasteiger partial charge in [-0.05, 0) is 5.56 Å². The predicted molar refractivity (Wildman–Crippen MR) is 111 cm³/mol. The number of benzene rings is 1. The predicted octanol–water partition coefficient (Wildman–Crippen LogP) is 0.611. The first-order chi connectivity index (χ1) is 14.6. The molecule has 1 rings (SSSR count). The molecule has 0 aliphatic rings. The second-order valence-electron chi connectivity index (χ2n) is 6.30. The maximum Gasteiger partial charge on any atom is 0.410 e. The third-order valence-corrected chi connectivity index (χ3v) is 4.71. The van der Waals surface area contributed by atoms with Crippen LogP contribution in [0.5, 0.6) is 0 Å². The van der Waals surface area contributed by atoms with Crippen molar-refractivity contribution in [3.8, 4) is 0 Å². The Hall–Kier alpha value is -1.77. The van der Waals surface area contributed by atoms with Crippen molar-refractivity contribution in [2.24, 2.45) is 0 Å². The molecule has 0 fully saturated rings. The molecule has 13 heteroatoms. The van der Waals surface area contributed by atoms with Crippen molar-refractivity contribution in [2.45, 2.75) is 6.61 Å². The maximum absolute atomic E-state index is 12.4. The first-order valence-electron chi connectivity index (χ1n) is 9.37. The number of nitrogens with zero attached hydrogens (tertiary/aromatic N) is 1. The summed E-state index contributed by atoms with van der Waals surface area (Å²) in [6, 6.07) is 9.17. The zero-order chi connectivity index (χ0) is 23.2. The third kappa shape index (κ3) is 15.6. The summed E-state index contributed by atoms with van der Waals surface area (Å²) in [5.41, 5.74) is 0.833. The molecule has 31 heavy (non-hydrogen) atoms. The van der Waals surface area contributed by atoms with Crippen LogP contribution in [0.4, 0.5) is 4.79 Å². The van der Waals surface area contributed by atoms with Crippen LogP contribution >= 0.6 is 0 Å². The Morgan fingerprint density at radius 1 is 0.774 bits per heavy atom. The Bertz CT molecular complexity index is 799. The Labute approximate surface area is 183 Å². The lowest BCUT2D eigenvalue weighted by Crippen LogP contribution is -2.37. The normalized spacial score (nSPS) is 11.9. The highest BCUT2D eigenvalue weighted by molar-refractivity contribution is 7.86. The summed E-state index contributed by atoms with van der Waals surface area (Å²) in [7, 11) is -7.07. The van der Waals surface area contributed by atoms with Crippen molar-refractivity contribution in [3.05, 3.63) is 35.9 Å². The molecule has 0 aliphatic heterocycles. The van der Waals surface area contributed by atoms with E-state index in [9.17, 15) is 21.6 Å². The maximum atomic E-state index is 12.4. The number of carbonyl (C=O) groups is 1. The first-order valence-corrected chi connectivity index (χ1v) is 13.0. The van der Waals surface area contributed by atoms with Gasteiger partial charge in [-0.1, -0.05) is 30.3 Å². The Balaban J connectivity index is 2.41. The molecule has 0 aliphatic carbocycles. The van der Waals surface area contributed by atoms with E-state index < -0.39 is 26.3 Å². The van der Waals surface area contributed by atoms with E-state index in [2.05, 4.69) is 8.37 Å². The molecule has 0 heterocycles. The molecule has 11 nitrogen and oxygen atoms in total. The van der Waals surface area contributed by atoms with E-state index in [0.717, 1.165) is 18.1 Å². The highest BCUT2D eigenvalue weighted by Gasteiger charge is 2.15. The molecule has 1 amide bonds. The van der Waals surface area contributed by atoms with E-state index in [1.807, 2.05) is 30.3 Å². The van der Waals surface area contributed by atoms with E-state index in [4.69, 9.17) is 14.2 Å². The molecule has 0 N–H and O–H groups in total. The number of rotatable bonds is 16. The van der Waals surface area contributed by atoms with E-state index in [0.29, 0.717) is 0 Å². The van der Waals surface area contributed by atoms with E-state index in [1.54, 1.807) is 0 Å². The molecular weight excluding hydrogens is 454 g/mol. The lowest BCUT2D eigenvalue weighted by Gasteiger charge is -2.22. The molecule has 0 unspecified atom stereocenters. The van der Waals surface area contributed by atoms with Crippen molar-refractivity contribution >= 4 is 26.3 Å². The second-order valence-corrected chi connectivity index (χ2v) is 9.59. The van der Waals surface area contributed by atoms with Gasteiger partial charge in [0.25, 0.3) is 20.2 Å². The number of amides is 1. The quantitative estimate of drug-likeness (QED) is 0.243. The van der Waals surface area contributed by atoms with Crippen LogP contribution in [0.1, 0.15) is 5.56 Å². The minimum absolute atomic E-state index is 0.0410. The molecule has 178 valence electrons. The highest BCUT2D eigenvalue weighted by atomic mass is 32.2. The van der Waals surface area contributed by atoms with Crippen molar-refractivity contribution in [2.75, 3.05) is 65.2 Å². The van der Waals surface area contributed by atoms with E-state index in [1.165, 1.54) is 4.90 Å². The fourth-order valence-corrected chi connectivity index (χ4v) is 2.89. The molecule has 1 aromatic rings. The van der Waals surface area contributed by atoms with Gasteiger partial charge in [0, 0.05) is 13.1 Å². The van der Waals surface area contributed by atoms with Crippen LogP contribution in [-0.4, -0.2) is 93.1 Å². The fourth-order valence-electron chi connectivity index (χ4n) is 2.15. The molecule has 0 bridgehead atoms. The van der Waals surface area contributed by atoms with Gasteiger partial charge in [-0.2, -0.15) is 16.8 Å². The average molecular weight is 484 g/mol. The zero-order valence-corrected chi connectivity index (χ0v) is 19.2. The minimum Gasteiger partial charge on any atom is -0.445 e. The van der Waals surface area contributed by atoms with Crippen LogP contribution < -0.4 is 0 Å². The lowest BCUT2D eigenvalue weighted by molar-refractivity contribution is 0.0433. The first kappa shape index (κ1) is 27.3. The molecule has 0 radical (unpaired) electrons. The van der Waals surface area contributed by atoms with Crippen LogP contribution in [-0.2, 0) is 49.4 Å². The molecule has 0 saturated heterocycles. The van der Waals surface area contributed by atoms with Crippen LogP contribution in [0.3, 0.4) is 0 Å². The van der Waals surface area contributed by atoms with E-state index in [-0.39, 0.29) is 59.3 Å². The van der Waals surface area contributed by atoms with Gasteiger partial charge in [0.05, 0.1) is 52.2 Å². The molecule has 0 atom stereocenters. The summed E-state index contributed by atoms with van der Waals surface area (Å²) in [4.78, 5) is 13.8. The Morgan fingerprint density at radius 2 is 1.26 bits per heavy atom. The Morgan fingerprint density at radius 3 is 1.71 bits per heavy atom. The van der Waals surface area contributed by atoms with Gasteiger partial charge < -0.3 is 19.1 Å². The zero-order valence-electron chi connectivity index (χ0n) is 17.6. The van der Waals surface area contributed by atoms with Crippen LogP contribution in [0.25, 0.3) is 0 Å². The van der Waals surface area contributed by atoms with Gasteiger partial charge in [0.2, 0.25) is 0 Å². The summed E-state index contributed by atoms with van der Waals surface area (Å²) >= 11 is 0. The second kappa shape index (κ2) is 14.3. The van der Waals surface area contributed by atoms with Crippen molar-refractivity contribution in [1.82, 2.24) is 4.90 Å². The van der Waals surface area contributed by atoms with Crippen molar-refractivity contribution < 1.29 is 44.2 Å². The number of hydrogen-bond donors (Lipinski definition) is 0. The van der Waals surface area contributed by atoms with Gasteiger partial charge in [-0.3, -0.25) is 8.37 Å². The third-order valence-electron chi connectivity index (χ3n) is 3.52. The molecule has 1 aromatic carbocycles. The largest absolute Gasteiger partial charge is 0.445 e. The van der Waals surface area contributed by atoms with Crippen molar-refractivity contribution in [3.63, 3.8) is 0 Å². The average Bonchev–Trinajstić information content (AvgIpc) is 2.68. The topological polar surface area (TPSA) is 135 Å². The van der Waals surface area contributed by atoms with Crippen LogP contribution in [0.15, 0.2) is 30.3 Å².